The van der Waals surface area contributed by atoms with Gasteiger partial charge in [0.1, 0.15) is 28.1 Å². The molecule has 1 atom stereocenters. The Morgan fingerprint density at radius 3 is 2.41 bits per heavy atom. The second-order valence-corrected chi connectivity index (χ2v) is 9.23. The molecule has 0 aliphatic heterocycles. The fourth-order valence-electron chi connectivity index (χ4n) is 3.42. The normalized spacial score (nSPS) is 13.1. The van der Waals surface area contributed by atoms with E-state index >= 15 is 0 Å². The zero-order valence-corrected chi connectivity index (χ0v) is 18.7. The van der Waals surface area contributed by atoms with Crippen molar-refractivity contribution in [2.75, 3.05) is 0 Å². The number of nitriles is 1. The van der Waals surface area contributed by atoms with Crippen LogP contribution in [0.4, 0.5) is 13.2 Å². The van der Waals surface area contributed by atoms with E-state index in [0.717, 1.165) is 17.8 Å². The third-order valence-electron chi connectivity index (χ3n) is 5.09. The molecule has 4 aromatic rings. The first kappa shape index (κ1) is 23.3. The number of rotatable bonds is 5. The Morgan fingerprint density at radius 2 is 1.82 bits per heavy atom. The Hall–Kier alpha value is -3.82. The summed E-state index contributed by atoms with van der Waals surface area (Å²) in [7, 11) is -4.47. The van der Waals surface area contributed by atoms with Gasteiger partial charge in [-0.15, -0.1) is 0 Å². The Labute approximate surface area is 192 Å². The van der Waals surface area contributed by atoms with Gasteiger partial charge in [0.05, 0.1) is 16.9 Å². The van der Waals surface area contributed by atoms with Crippen LogP contribution >= 0.6 is 0 Å². The highest BCUT2D eigenvalue weighted by Gasteiger charge is 2.39. The number of nitrogens with one attached hydrogen (secondary N) is 1. The summed E-state index contributed by atoms with van der Waals surface area (Å²) in [5, 5.41) is 9.91. The number of alkyl halides is 3. The Kier molecular flexibility index (Phi) is 5.84. The van der Waals surface area contributed by atoms with E-state index in [4.69, 9.17) is 0 Å². The molecule has 12 heteroatoms. The average Bonchev–Trinajstić information content (AvgIpc) is 3.12. The number of halogens is 3. The first-order valence-electron chi connectivity index (χ1n) is 9.90. The molecule has 0 saturated carbocycles. The number of hydrogen-bond acceptors (Lipinski definition) is 6. The fourth-order valence-corrected chi connectivity index (χ4v) is 4.59. The molecule has 34 heavy (non-hydrogen) atoms. The number of aryl methyl sites for hydroxylation is 1. The van der Waals surface area contributed by atoms with Gasteiger partial charge in [0.15, 0.2) is 0 Å². The van der Waals surface area contributed by atoms with E-state index in [1.807, 2.05) is 13.0 Å². The van der Waals surface area contributed by atoms with Crippen molar-refractivity contribution in [1.29, 1.82) is 5.26 Å². The van der Waals surface area contributed by atoms with Crippen LogP contribution in [0.15, 0.2) is 60.0 Å². The van der Waals surface area contributed by atoms with Gasteiger partial charge in [-0.05, 0) is 49.7 Å². The second-order valence-electron chi connectivity index (χ2n) is 7.52. The second kappa shape index (κ2) is 8.51. The van der Waals surface area contributed by atoms with Crippen LogP contribution in [0.3, 0.4) is 0 Å². The van der Waals surface area contributed by atoms with Crippen molar-refractivity contribution in [3.63, 3.8) is 0 Å². The van der Waals surface area contributed by atoms with Crippen molar-refractivity contribution in [1.82, 2.24) is 24.2 Å². The monoisotopic (exact) mass is 486 g/mol. The lowest BCUT2D eigenvalue weighted by atomic mass is 10.1. The highest BCUT2D eigenvalue weighted by Crippen LogP contribution is 2.35. The number of sulfonamides is 1. The van der Waals surface area contributed by atoms with Crippen LogP contribution in [0.5, 0.6) is 0 Å². The number of nitrogens with zero attached hydrogens (tertiary/aromatic N) is 5. The van der Waals surface area contributed by atoms with Crippen LogP contribution in [0.1, 0.15) is 18.1 Å². The summed E-state index contributed by atoms with van der Waals surface area (Å²) < 4.78 is 66.6. The molecule has 0 aliphatic carbocycles. The largest absolute Gasteiger partial charge is 0.404 e. The summed E-state index contributed by atoms with van der Waals surface area (Å²) in [4.78, 5) is 12.2. The third-order valence-corrected chi connectivity index (χ3v) is 6.61. The summed E-state index contributed by atoms with van der Waals surface area (Å²) in [6, 6.07) is 7.66. The molecule has 0 fully saturated rings. The van der Waals surface area contributed by atoms with Crippen molar-refractivity contribution in [3.05, 3.63) is 66.2 Å². The summed E-state index contributed by atoms with van der Waals surface area (Å²) >= 11 is 0. The quantitative estimate of drug-likeness (QED) is 0.458. The van der Waals surface area contributed by atoms with Gasteiger partial charge >= 0.3 is 6.18 Å². The van der Waals surface area contributed by atoms with Gasteiger partial charge in [0.25, 0.3) is 0 Å². The maximum Gasteiger partial charge on any atom is 0.404 e. The predicted octanol–water partition coefficient (Wildman–Crippen LogP) is 3.89. The molecule has 0 aliphatic rings. The minimum atomic E-state index is -4.74. The lowest BCUT2D eigenvalue weighted by Crippen LogP contribution is -2.42. The average molecular weight is 486 g/mol. The zero-order chi connectivity index (χ0) is 24.7. The van der Waals surface area contributed by atoms with Crippen LogP contribution < -0.4 is 4.72 Å². The first-order chi connectivity index (χ1) is 16.0. The maximum atomic E-state index is 12.8. The molecule has 0 bridgehead atoms. The lowest BCUT2D eigenvalue weighted by molar-refractivity contribution is -0.147. The summed E-state index contributed by atoms with van der Waals surface area (Å²) in [5.74, 6) is 0. The minimum absolute atomic E-state index is 0.221. The smallest absolute Gasteiger partial charge is 0.305 e. The van der Waals surface area contributed by atoms with Gasteiger partial charge in [-0.2, -0.15) is 23.2 Å². The summed E-state index contributed by atoms with van der Waals surface area (Å²) in [6.45, 7) is 2.57. The molecule has 4 rings (SSSR count). The summed E-state index contributed by atoms with van der Waals surface area (Å²) in [6.07, 6.45) is 1.00. The fraction of sp³-hybridized carbons (Fsp3) is 0.182. The van der Waals surface area contributed by atoms with E-state index in [9.17, 15) is 26.9 Å². The van der Waals surface area contributed by atoms with Gasteiger partial charge in [-0.3, -0.25) is 15.0 Å². The van der Waals surface area contributed by atoms with Crippen molar-refractivity contribution >= 4 is 21.1 Å². The highest BCUT2D eigenvalue weighted by molar-refractivity contribution is 7.89. The van der Waals surface area contributed by atoms with Crippen LogP contribution in [-0.2, 0) is 10.0 Å². The third kappa shape index (κ3) is 4.23. The van der Waals surface area contributed by atoms with Crippen LogP contribution in [0.25, 0.3) is 28.1 Å². The molecule has 0 saturated heterocycles. The van der Waals surface area contributed by atoms with Crippen LogP contribution in [-0.4, -0.2) is 40.2 Å². The Bertz CT molecular complexity index is 1510. The van der Waals surface area contributed by atoms with Crippen molar-refractivity contribution in [2.24, 2.45) is 0 Å². The van der Waals surface area contributed by atoms with Gasteiger partial charge in [0, 0.05) is 30.5 Å². The van der Waals surface area contributed by atoms with E-state index < -0.39 is 27.1 Å². The van der Waals surface area contributed by atoms with Crippen molar-refractivity contribution < 1.29 is 21.6 Å². The number of fused-ring (bicyclic) bond motifs is 1. The van der Waals surface area contributed by atoms with Gasteiger partial charge in [-0.1, -0.05) is 0 Å². The zero-order valence-electron chi connectivity index (χ0n) is 17.9. The molecular formula is C22H17F3N6O2S. The van der Waals surface area contributed by atoms with E-state index in [1.165, 1.54) is 6.07 Å². The first-order valence-corrected chi connectivity index (χ1v) is 11.4. The van der Waals surface area contributed by atoms with E-state index in [1.54, 1.807) is 40.0 Å². The molecule has 0 aromatic carbocycles. The molecule has 0 radical (unpaired) electrons. The minimum Gasteiger partial charge on any atom is -0.305 e. The van der Waals surface area contributed by atoms with Gasteiger partial charge < -0.3 is 4.57 Å². The molecule has 0 amide bonds. The summed E-state index contributed by atoms with van der Waals surface area (Å²) in [5.41, 5.74) is 3.42. The molecule has 0 spiro atoms. The predicted molar refractivity (Wildman–Crippen MR) is 117 cm³/mol. The lowest BCUT2D eigenvalue weighted by Gasteiger charge is -2.17. The van der Waals surface area contributed by atoms with E-state index in [-0.39, 0.29) is 11.3 Å². The van der Waals surface area contributed by atoms with Crippen molar-refractivity contribution in [3.8, 4) is 23.1 Å². The molecule has 4 aromatic heterocycles. The van der Waals surface area contributed by atoms with Crippen LogP contribution in [0.2, 0.25) is 0 Å². The molecule has 1 N–H and O–H groups in total. The molecule has 8 nitrogen and oxygen atoms in total. The number of aromatic nitrogens is 4. The Morgan fingerprint density at radius 1 is 1.12 bits per heavy atom. The van der Waals surface area contributed by atoms with Crippen LogP contribution in [0, 0.1) is 18.3 Å². The SMILES string of the molecule is Cc1cnc2c(C#N)c(-c3ccc(S(=O)(=O)N[C@@H](C)C(F)(F)F)cn3)n(-c3ccncc3)c2c1. The van der Waals surface area contributed by atoms with E-state index in [0.29, 0.717) is 29.3 Å². The number of pyridine rings is 3. The Balaban J connectivity index is 1.87. The van der Waals surface area contributed by atoms with Gasteiger partial charge in [-0.25, -0.2) is 8.42 Å². The molecular weight excluding hydrogens is 469 g/mol. The molecule has 0 unspecified atom stereocenters. The molecule has 174 valence electrons. The topological polar surface area (TPSA) is 114 Å². The van der Waals surface area contributed by atoms with Gasteiger partial charge in [0.2, 0.25) is 10.0 Å². The highest BCUT2D eigenvalue weighted by atomic mass is 32.2. The van der Waals surface area contributed by atoms with E-state index in [2.05, 4.69) is 21.0 Å². The van der Waals surface area contributed by atoms with Crippen molar-refractivity contribution in [2.45, 2.75) is 31.0 Å². The molecule has 4 heterocycles. The maximum absolute atomic E-state index is 12.8. The standard InChI is InChI=1S/C22H17F3N6O2S/c1-13-9-19-20(29-11-13)17(10-26)21(31(19)15-5-7-27-8-6-15)18-4-3-16(12-28-18)34(32,33)30-14(2)22(23,24)25/h3-9,11-12,14,30H,1-2H3/t14-/m0/s1. The number of hydrogen-bond donors (Lipinski definition) is 1.